The predicted molar refractivity (Wildman–Crippen MR) is 66.9 cm³/mol. The molecule has 2 N–H and O–H groups in total. The van der Waals surface area contributed by atoms with E-state index in [1.807, 2.05) is 0 Å². The SMILES string of the molecule is C#CCC(C)NS(=O)(=O)N1CCCCC1C(=O)O. The molecule has 7 heteroatoms. The van der Waals surface area contributed by atoms with Gasteiger partial charge in [-0.25, -0.2) is 0 Å². The van der Waals surface area contributed by atoms with Crippen LogP contribution in [0.1, 0.15) is 32.6 Å². The Morgan fingerprint density at radius 2 is 2.28 bits per heavy atom. The van der Waals surface area contributed by atoms with Crippen LogP contribution in [-0.2, 0) is 15.0 Å². The first-order chi connectivity index (χ1) is 8.38. The van der Waals surface area contributed by atoms with E-state index in [4.69, 9.17) is 11.5 Å². The van der Waals surface area contributed by atoms with Gasteiger partial charge in [-0.15, -0.1) is 12.3 Å². The summed E-state index contributed by atoms with van der Waals surface area (Å²) in [6, 6.07) is -1.38. The maximum Gasteiger partial charge on any atom is 0.322 e. The molecule has 0 radical (unpaired) electrons. The van der Waals surface area contributed by atoms with Crippen molar-refractivity contribution in [3.05, 3.63) is 0 Å². The molecule has 0 amide bonds. The Morgan fingerprint density at radius 3 is 2.83 bits per heavy atom. The third-order valence-electron chi connectivity index (χ3n) is 2.82. The molecular formula is C11H18N2O4S. The van der Waals surface area contributed by atoms with E-state index in [0.717, 1.165) is 10.7 Å². The van der Waals surface area contributed by atoms with Crippen LogP contribution in [0.25, 0.3) is 0 Å². The Kier molecular flexibility index (Phi) is 5.14. The van der Waals surface area contributed by atoms with Crippen molar-refractivity contribution in [1.29, 1.82) is 0 Å². The highest BCUT2D eigenvalue weighted by Gasteiger charge is 2.37. The van der Waals surface area contributed by atoms with Crippen molar-refractivity contribution in [2.45, 2.75) is 44.7 Å². The maximum atomic E-state index is 12.1. The number of hydrogen-bond acceptors (Lipinski definition) is 3. The Bertz CT molecular complexity index is 440. The number of piperidine rings is 1. The highest BCUT2D eigenvalue weighted by Crippen LogP contribution is 2.20. The minimum atomic E-state index is -3.79. The van der Waals surface area contributed by atoms with E-state index in [1.54, 1.807) is 6.92 Å². The summed E-state index contributed by atoms with van der Waals surface area (Å²) in [4.78, 5) is 11.1. The summed E-state index contributed by atoms with van der Waals surface area (Å²) in [5.41, 5.74) is 0. The molecule has 1 saturated heterocycles. The topological polar surface area (TPSA) is 86.7 Å². The molecule has 102 valence electrons. The average Bonchev–Trinajstić information content (AvgIpc) is 2.28. The minimum absolute atomic E-state index is 0.231. The lowest BCUT2D eigenvalue weighted by atomic mass is 10.1. The van der Waals surface area contributed by atoms with Gasteiger partial charge in [0, 0.05) is 19.0 Å². The van der Waals surface area contributed by atoms with E-state index in [-0.39, 0.29) is 13.0 Å². The summed E-state index contributed by atoms with van der Waals surface area (Å²) in [6.07, 6.45) is 7.13. The molecule has 0 saturated carbocycles. The number of carboxylic acids is 1. The zero-order chi connectivity index (χ0) is 13.8. The Hall–Kier alpha value is -1.10. The maximum absolute atomic E-state index is 12.1. The van der Waals surface area contributed by atoms with E-state index >= 15 is 0 Å². The second-order valence-electron chi connectivity index (χ2n) is 4.39. The van der Waals surface area contributed by atoms with Crippen LogP contribution in [0, 0.1) is 12.3 Å². The monoisotopic (exact) mass is 274 g/mol. The van der Waals surface area contributed by atoms with Crippen LogP contribution in [0.4, 0.5) is 0 Å². The fourth-order valence-electron chi connectivity index (χ4n) is 1.98. The van der Waals surface area contributed by atoms with Crippen molar-refractivity contribution in [2.24, 2.45) is 0 Å². The van der Waals surface area contributed by atoms with E-state index in [0.29, 0.717) is 12.8 Å². The molecular weight excluding hydrogens is 256 g/mol. The molecule has 0 aromatic carbocycles. The molecule has 1 aliphatic heterocycles. The first kappa shape index (κ1) is 15.0. The molecule has 1 fully saturated rings. The lowest BCUT2D eigenvalue weighted by molar-refractivity contribution is -0.142. The van der Waals surface area contributed by atoms with Crippen LogP contribution in [0.3, 0.4) is 0 Å². The van der Waals surface area contributed by atoms with Gasteiger partial charge in [-0.3, -0.25) is 4.79 Å². The Morgan fingerprint density at radius 1 is 1.61 bits per heavy atom. The zero-order valence-electron chi connectivity index (χ0n) is 10.3. The van der Waals surface area contributed by atoms with Gasteiger partial charge in [-0.2, -0.15) is 17.4 Å². The molecule has 0 aliphatic carbocycles. The van der Waals surface area contributed by atoms with Crippen molar-refractivity contribution in [2.75, 3.05) is 6.54 Å². The molecule has 0 bridgehead atoms. The minimum Gasteiger partial charge on any atom is -0.480 e. The van der Waals surface area contributed by atoms with E-state index in [1.165, 1.54) is 0 Å². The molecule has 1 rings (SSSR count). The Balaban J connectivity index is 2.82. The van der Waals surface area contributed by atoms with Crippen LogP contribution in [-0.4, -0.2) is 42.4 Å². The van der Waals surface area contributed by atoms with Gasteiger partial charge in [-0.1, -0.05) is 0 Å². The lowest BCUT2D eigenvalue weighted by Gasteiger charge is -2.32. The molecule has 18 heavy (non-hydrogen) atoms. The molecule has 6 nitrogen and oxygen atoms in total. The van der Waals surface area contributed by atoms with Crippen molar-refractivity contribution in [3.63, 3.8) is 0 Å². The number of hydrogen-bond donors (Lipinski definition) is 2. The van der Waals surface area contributed by atoms with Crippen LogP contribution < -0.4 is 4.72 Å². The van der Waals surface area contributed by atoms with Crippen molar-refractivity contribution in [3.8, 4) is 12.3 Å². The van der Waals surface area contributed by atoms with Gasteiger partial charge in [-0.05, 0) is 26.2 Å². The highest BCUT2D eigenvalue weighted by atomic mass is 32.2. The van der Waals surface area contributed by atoms with Crippen LogP contribution in [0.5, 0.6) is 0 Å². The molecule has 0 aromatic rings. The van der Waals surface area contributed by atoms with E-state index in [9.17, 15) is 13.2 Å². The number of rotatable bonds is 5. The van der Waals surface area contributed by atoms with Gasteiger partial charge >= 0.3 is 5.97 Å². The highest BCUT2D eigenvalue weighted by molar-refractivity contribution is 7.87. The standard InChI is InChI=1S/C11H18N2O4S/c1-3-6-9(2)12-18(16,17)13-8-5-4-7-10(13)11(14)15/h1,9-10,12H,4-8H2,2H3,(H,14,15). The quantitative estimate of drug-likeness (QED) is 0.700. The molecule has 2 unspecified atom stereocenters. The third kappa shape index (κ3) is 3.70. The van der Waals surface area contributed by atoms with Crippen LogP contribution in [0.2, 0.25) is 0 Å². The summed E-state index contributed by atoms with van der Waals surface area (Å²) in [5.74, 6) is 1.26. The number of carboxylic acid groups (broad SMARTS) is 1. The number of aliphatic carboxylic acids is 1. The third-order valence-corrected chi connectivity index (χ3v) is 4.58. The first-order valence-electron chi connectivity index (χ1n) is 5.84. The molecule has 0 spiro atoms. The number of carbonyl (C=O) groups is 1. The fraction of sp³-hybridized carbons (Fsp3) is 0.727. The predicted octanol–water partition coefficient (Wildman–Crippen LogP) is 0.172. The van der Waals surface area contributed by atoms with E-state index < -0.39 is 28.3 Å². The van der Waals surface area contributed by atoms with Gasteiger partial charge in [0.15, 0.2) is 0 Å². The van der Waals surface area contributed by atoms with Crippen LogP contribution in [0.15, 0.2) is 0 Å². The lowest BCUT2D eigenvalue weighted by Crippen LogP contribution is -2.53. The summed E-state index contributed by atoms with van der Waals surface area (Å²) in [7, 11) is -3.79. The normalized spacial score (nSPS) is 23.2. The summed E-state index contributed by atoms with van der Waals surface area (Å²) in [5, 5.41) is 9.04. The first-order valence-corrected chi connectivity index (χ1v) is 7.28. The van der Waals surface area contributed by atoms with Crippen molar-refractivity contribution in [1.82, 2.24) is 9.03 Å². The second kappa shape index (κ2) is 6.18. The van der Waals surface area contributed by atoms with Gasteiger partial charge in [0.25, 0.3) is 10.2 Å². The van der Waals surface area contributed by atoms with Crippen molar-refractivity contribution < 1.29 is 18.3 Å². The zero-order valence-corrected chi connectivity index (χ0v) is 11.1. The average molecular weight is 274 g/mol. The van der Waals surface area contributed by atoms with Gasteiger partial charge < -0.3 is 5.11 Å². The number of terminal acetylenes is 1. The summed E-state index contributed by atoms with van der Waals surface area (Å²) in [6.45, 7) is 1.88. The molecule has 0 aromatic heterocycles. The van der Waals surface area contributed by atoms with Crippen LogP contribution >= 0.6 is 0 Å². The largest absolute Gasteiger partial charge is 0.480 e. The smallest absolute Gasteiger partial charge is 0.322 e. The van der Waals surface area contributed by atoms with Gasteiger partial charge in [0.05, 0.1) is 0 Å². The fourth-order valence-corrected chi connectivity index (χ4v) is 3.61. The van der Waals surface area contributed by atoms with Gasteiger partial charge in [0.1, 0.15) is 6.04 Å². The molecule has 1 aliphatic rings. The molecule has 2 atom stereocenters. The summed E-state index contributed by atoms with van der Waals surface area (Å²) >= 11 is 0. The second-order valence-corrected chi connectivity index (χ2v) is 6.05. The number of nitrogens with zero attached hydrogens (tertiary/aromatic N) is 1. The van der Waals surface area contributed by atoms with Crippen molar-refractivity contribution >= 4 is 16.2 Å². The van der Waals surface area contributed by atoms with Gasteiger partial charge in [0.2, 0.25) is 0 Å². The number of nitrogens with one attached hydrogen (secondary N) is 1. The van der Waals surface area contributed by atoms with E-state index in [2.05, 4.69) is 10.6 Å². The Labute approximate surface area is 108 Å². The summed E-state index contributed by atoms with van der Waals surface area (Å²) < 4.78 is 27.6. The molecule has 1 heterocycles.